The maximum Gasteiger partial charge on any atom is 0.243 e. The highest BCUT2D eigenvalue weighted by molar-refractivity contribution is 8.76. The van der Waals surface area contributed by atoms with E-state index in [-0.39, 0.29) is 49.5 Å². The van der Waals surface area contributed by atoms with Crippen LogP contribution in [0.15, 0.2) is 30.5 Å². The van der Waals surface area contributed by atoms with E-state index < -0.39 is 119 Å². The number of aliphatic hydroxyl groups excluding tert-OH is 3. The highest BCUT2D eigenvalue weighted by Crippen LogP contribution is 2.33. The maximum absolute atomic E-state index is 14.7. The molecule has 0 saturated heterocycles. The topological polar surface area (TPSA) is 340 Å². The molecule has 1 aromatic carbocycles. The predicted molar refractivity (Wildman–Crippen MR) is 272 cm³/mol. The normalized spacial score (nSPS) is 15.6. The molecule has 0 radical (unpaired) electrons. The molecule has 70 heavy (non-hydrogen) atoms. The number of amides is 5. The molecule has 0 saturated carbocycles. The number of nitrogens with one attached hydrogen (secondary N) is 8. The molecule has 0 aliphatic carbocycles. The van der Waals surface area contributed by atoms with Gasteiger partial charge in [-0.1, -0.05) is 63.6 Å². The summed E-state index contributed by atoms with van der Waals surface area (Å²) in [5.74, 6) is -7.51. The fraction of sp³-hybridized carbons (Fsp3) is 0.630. The number of aromatic amines is 1. The van der Waals surface area contributed by atoms with E-state index in [0.717, 1.165) is 32.7 Å². The summed E-state index contributed by atoms with van der Waals surface area (Å²) in [6, 6.07) is 1.54. The van der Waals surface area contributed by atoms with Crippen molar-refractivity contribution in [2.45, 2.75) is 128 Å². The van der Waals surface area contributed by atoms with Crippen LogP contribution in [0.2, 0.25) is 0 Å². The Labute approximate surface area is 422 Å². The lowest BCUT2D eigenvalue weighted by Crippen LogP contribution is -2.56. The Bertz CT molecular complexity index is 2100. The number of primary amides is 1. The number of para-hydroxylation sites is 1. The summed E-state index contributed by atoms with van der Waals surface area (Å²) in [5.41, 5.74) is 5.68. The number of rotatable bonds is 34. The second-order valence-electron chi connectivity index (χ2n) is 18.4. The summed E-state index contributed by atoms with van der Waals surface area (Å²) in [4.78, 5) is 122. The highest BCUT2D eigenvalue weighted by atomic mass is 33.1. The summed E-state index contributed by atoms with van der Waals surface area (Å²) in [7, 11) is 3.44. The largest absolute Gasteiger partial charge is 0.394 e. The molecule has 0 fully saturated rings. The van der Waals surface area contributed by atoms with E-state index in [4.69, 9.17) is 5.73 Å². The first-order chi connectivity index (χ1) is 32.9. The Kier molecular flexibility index (Phi) is 26.9. The van der Waals surface area contributed by atoms with Crippen LogP contribution in [0.1, 0.15) is 79.7 Å². The molecule has 2 aromatic rings. The van der Waals surface area contributed by atoms with E-state index in [2.05, 4.69) is 54.2 Å². The van der Waals surface area contributed by atoms with E-state index in [1.165, 1.54) is 13.8 Å². The molecule has 0 bridgehead atoms. The Morgan fingerprint density at radius 2 is 1.51 bits per heavy atom. The van der Waals surface area contributed by atoms with E-state index in [1.54, 1.807) is 53.9 Å². The Morgan fingerprint density at radius 1 is 0.857 bits per heavy atom. The SMILES string of the molecule is CNCC[C@H](NCC(=O)CC[C@H](CC(SSN[C@@H](CS)C(=O)NCC(=O)N[C@H](C(N)=O)[C@@H](C)O)C(=O)[C@@H](O)C(C)C)C(=O)N[C@@H](Cc1c[nH]c2ccccc12)C(=O)N[C@@H](CO)C(=O)C(C)(C)C)C(C)=O. The van der Waals surface area contributed by atoms with E-state index >= 15 is 0 Å². The van der Waals surface area contributed by atoms with Gasteiger partial charge in [-0.25, -0.2) is 4.72 Å². The Morgan fingerprint density at radius 3 is 2.09 bits per heavy atom. The molecule has 2 rings (SSSR count). The van der Waals surface area contributed by atoms with Crippen LogP contribution < -0.4 is 42.4 Å². The third-order valence-electron chi connectivity index (χ3n) is 11.3. The molecule has 1 unspecified atom stereocenters. The van der Waals surface area contributed by atoms with Crippen molar-refractivity contribution in [3.8, 4) is 0 Å². The van der Waals surface area contributed by atoms with Crippen LogP contribution in [0.4, 0.5) is 0 Å². The lowest BCUT2D eigenvalue weighted by Gasteiger charge is -2.28. The van der Waals surface area contributed by atoms with E-state index in [1.807, 2.05) is 18.2 Å². The van der Waals surface area contributed by atoms with Crippen LogP contribution in [0.25, 0.3) is 10.9 Å². The highest BCUT2D eigenvalue weighted by Gasteiger charge is 2.37. The molecule has 9 atom stereocenters. The van der Waals surface area contributed by atoms with E-state index in [9.17, 15) is 58.5 Å². The van der Waals surface area contributed by atoms with Gasteiger partial charge in [0, 0.05) is 47.0 Å². The molecule has 0 aliphatic rings. The van der Waals surface area contributed by atoms with Crippen molar-refractivity contribution in [2.75, 3.05) is 39.0 Å². The van der Waals surface area contributed by atoms with Gasteiger partial charge in [0.05, 0.1) is 37.1 Å². The molecule has 24 heteroatoms. The summed E-state index contributed by atoms with van der Waals surface area (Å²) in [6.45, 7) is 9.81. The number of benzene rings is 1. The molecular formula is C46H73N9O12S3. The van der Waals surface area contributed by atoms with Crippen LogP contribution in [-0.4, -0.2) is 160 Å². The second kappa shape index (κ2) is 30.5. The molecule has 5 amide bonds. The van der Waals surface area contributed by atoms with Gasteiger partial charge in [0.1, 0.15) is 41.8 Å². The monoisotopic (exact) mass is 1040 g/mol. The first kappa shape index (κ1) is 61.7. The van der Waals surface area contributed by atoms with Crippen LogP contribution >= 0.6 is 34.4 Å². The van der Waals surface area contributed by atoms with Gasteiger partial charge in [0.25, 0.3) is 0 Å². The third-order valence-corrected chi connectivity index (χ3v) is 14.0. The number of aromatic nitrogens is 1. The number of carbonyl (C=O) groups is 9. The zero-order valence-corrected chi connectivity index (χ0v) is 43.6. The van der Waals surface area contributed by atoms with Gasteiger partial charge >= 0.3 is 0 Å². The minimum absolute atomic E-state index is 0.0812. The van der Waals surface area contributed by atoms with Crippen molar-refractivity contribution >= 4 is 98.0 Å². The van der Waals surface area contributed by atoms with Crippen LogP contribution in [0.3, 0.4) is 0 Å². The molecule has 1 heterocycles. The van der Waals surface area contributed by atoms with Gasteiger partial charge < -0.3 is 57.9 Å². The maximum atomic E-state index is 14.7. The lowest BCUT2D eigenvalue weighted by atomic mass is 9.86. The minimum Gasteiger partial charge on any atom is -0.394 e. The Balaban J connectivity index is 2.52. The summed E-state index contributed by atoms with van der Waals surface area (Å²) in [5, 5.41) is 46.6. The number of hydrogen-bond acceptors (Lipinski definition) is 18. The van der Waals surface area contributed by atoms with Gasteiger partial charge in [-0.15, -0.1) is 0 Å². The number of hydrogen-bond donors (Lipinski definition) is 13. The van der Waals surface area contributed by atoms with Gasteiger partial charge in [-0.05, 0) is 75.2 Å². The molecule has 392 valence electrons. The fourth-order valence-electron chi connectivity index (χ4n) is 7.01. The van der Waals surface area contributed by atoms with Crippen molar-refractivity contribution in [3.63, 3.8) is 0 Å². The predicted octanol–water partition coefficient (Wildman–Crippen LogP) is -0.594. The first-order valence-corrected chi connectivity index (χ1v) is 25.9. The molecule has 0 spiro atoms. The molecule has 21 nitrogen and oxygen atoms in total. The number of thiol groups is 1. The molecule has 13 N–H and O–H groups in total. The summed E-state index contributed by atoms with van der Waals surface area (Å²) >= 11 is 4.24. The average molecular weight is 1040 g/mol. The van der Waals surface area contributed by atoms with Crippen molar-refractivity contribution in [1.29, 1.82) is 0 Å². The third kappa shape index (κ3) is 20.4. The van der Waals surface area contributed by atoms with Crippen molar-refractivity contribution in [2.24, 2.45) is 23.0 Å². The number of ketones is 4. The number of nitrogens with two attached hydrogens (primary N) is 1. The van der Waals surface area contributed by atoms with Gasteiger partial charge in [0.15, 0.2) is 11.6 Å². The van der Waals surface area contributed by atoms with Crippen molar-refractivity contribution < 1.29 is 58.5 Å². The fourth-order valence-corrected chi connectivity index (χ4v) is 9.79. The lowest BCUT2D eigenvalue weighted by molar-refractivity contribution is -0.135. The number of aliphatic hydroxyl groups is 3. The molecule has 0 aliphatic heterocycles. The smallest absolute Gasteiger partial charge is 0.243 e. The quantitative estimate of drug-likeness (QED) is 0.0237. The average Bonchev–Trinajstić information content (AvgIpc) is 3.71. The first-order valence-electron chi connectivity index (χ1n) is 23.0. The number of Topliss-reactive ketones (excluding diaryl/α,β-unsaturated/α-hetero) is 4. The van der Waals surface area contributed by atoms with Gasteiger partial charge in [-0.2, -0.15) is 12.6 Å². The number of H-pyrrole nitrogens is 1. The zero-order valence-electron chi connectivity index (χ0n) is 41.1. The van der Waals surface area contributed by atoms with Gasteiger partial charge in [0.2, 0.25) is 29.5 Å². The zero-order chi connectivity index (χ0) is 52.9. The molecule has 1 aromatic heterocycles. The standard InChI is InChI=1S/C46H73N9O12S3/c1-24(2)39(61)40(62)36(69-70-55-35(23-68)44(66)51-21-37(60)54-38(26(4)58)42(47)64)18-27(13-14-29(59)20-50-31(25(3)57)15-16-48-8)43(65)52-33(17-28-19-49-32-12-10-9-11-30(28)32)45(67)53-34(22-56)41(63)46(5,6)7/h9-12,19,24,26-27,31,33-36,38-39,48-50,55-56,58,61,68H,13-18,20-23H2,1-8H3,(H2,47,64)(H,51,66)(H,52,65)(H,53,67)(H,54,60)/t26-,27-,31+,33+,34+,35+,36?,38+,39+/m1/s1. The number of carbonyl (C=O) groups excluding carboxylic acids is 9. The Hall–Kier alpha value is -4.40. The van der Waals surface area contributed by atoms with E-state index in [0.29, 0.717) is 18.5 Å². The minimum atomic E-state index is -1.50. The number of fused-ring (bicyclic) bond motifs is 1. The summed E-state index contributed by atoms with van der Waals surface area (Å²) < 4.78 is 2.87. The van der Waals surface area contributed by atoms with Gasteiger partial charge in [-0.3, -0.25) is 43.2 Å². The van der Waals surface area contributed by atoms with Crippen molar-refractivity contribution in [3.05, 3.63) is 36.0 Å². The molecular weight excluding hydrogens is 967 g/mol. The van der Waals surface area contributed by atoms with Crippen LogP contribution in [0.5, 0.6) is 0 Å². The summed E-state index contributed by atoms with van der Waals surface area (Å²) in [6.07, 6.45) is -1.41. The van der Waals surface area contributed by atoms with Crippen LogP contribution in [0, 0.1) is 17.3 Å². The van der Waals surface area contributed by atoms with Crippen molar-refractivity contribution in [1.82, 2.24) is 41.6 Å². The van der Waals surface area contributed by atoms with Crippen LogP contribution in [-0.2, 0) is 49.6 Å². The second-order valence-corrected chi connectivity index (χ2v) is 21.1.